The first-order chi connectivity index (χ1) is 5.81. The third-order valence-corrected chi connectivity index (χ3v) is 2.57. The number of thioether (sulfide) groups is 1. The van der Waals surface area contributed by atoms with Gasteiger partial charge in [-0.25, -0.2) is 0 Å². The van der Waals surface area contributed by atoms with Crippen LogP contribution in [0.4, 0.5) is 0 Å². The normalized spacial score (nSPS) is 13.2. The summed E-state index contributed by atoms with van der Waals surface area (Å²) in [6.07, 6.45) is 6.13. The first kappa shape index (κ1) is 12.3. The first-order valence-corrected chi connectivity index (χ1v) is 6.13. The van der Waals surface area contributed by atoms with Gasteiger partial charge in [0.1, 0.15) is 0 Å². The summed E-state index contributed by atoms with van der Waals surface area (Å²) in [7, 11) is 0. The molecule has 0 heterocycles. The van der Waals surface area contributed by atoms with Crippen molar-refractivity contribution in [3.63, 3.8) is 0 Å². The summed E-state index contributed by atoms with van der Waals surface area (Å²) in [5.74, 6) is 1.30. The summed E-state index contributed by atoms with van der Waals surface area (Å²) >= 11 is 1.93. The van der Waals surface area contributed by atoms with Gasteiger partial charge in [-0.15, -0.1) is 0 Å². The van der Waals surface area contributed by atoms with E-state index in [4.69, 9.17) is 5.73 Å². The minimum Gasteiger partial charge on any atom is -0.329 e. The molecule has 1 atom stereocenters. The van der Waals surface area contributed by atoms with Gasteiger partial charge in [0, 0.05) is 12.6 Å². The molecule has 0 amide bonds. The molecule has 0 aromatic rings. The number of nitrogens with one attached hydrogen (secondary N) is 1. The van der Waals surface area contributed by atoms with Crippen LogP contribution in [0.15, 0.2) is 0 Å². The molecule has 1 unspecified atom stereocenters. The molecular weight excluding hydrogens is 168 g/mol. The van der Waals surface area contributed by atoms with Crippen LogP contribution in [0.25, 0.3) is 0 Å². The SMILES string of the molecule is CSCCCCCNC(C)CN. The fourth-order valence-electron chi connectivity index (χ4n) is 0.980. The molecule has 3 N–H and O–H groups in total. The zero-order valence-corrected chi connectivity index (χ0v) is 9.12. The van der Waals surface area contributed by atoms with Crippen molar-refractivity contribution in [3.05, 3.63) is 0 Å². The Morgan fingerprint density at radius 3 is 2.67 bits per heavy atom. The average molecular weight is 190 g/mol. The Morgan fingerprint density at radius 2 is 2.08 bits per heavy atom. The summed E-state index contributed by atoms with van der Waals surface area (Å²) in [5.41, 5.74) is 5.47. The van der Waals surface area contributed by atoms with Crippen LogP contribution in [0.3, 0.4) is 0 Å². The van der Waals surface area contributed by atoms with Gasteiger partial charge in [0.05, 0.1) is 0 Å². The largest absolute Gasteiger partial charge is 0.329 e. The molecule has 0 aromatic heterocycles. The molecule has 0 saturated heterocycles. The first-order valence-electron chi connectivity index (χ1n) is 4.73. The van der Waals surface area contributed by atoms with E-state index in [0.717, 1.165) is 13.1 Å². The fraction of sp³-hybridized carbons (Fsp3) is 1.00. The molecule has 3 heteroatoms. The lowest BCUT2D eigenvalue weighted by atomic mass is 10.2. The Morgan fingerprint density at radius 1 is 1.33 bits per heavy atom. The summed E-state index contributed by atoms with van der Waals surface area (Å²) < 4.78 is 0. The zero-order chi connectivity index (χ0) is 9.23. The van der Waals surface area contributed by atoms with Crippen molar-refractivity contribution < 1.29 is 0 Å². The Balaban J connectivity index is 2.90. The molecule has 0 bridgehead atoms. The van der Waals surface area contributed by atoms with Gasteiger partial charge in [0.25, 0.3) is 0 Å². The highest BCUT2D eigenvalue weighted by molar-refractivity contribution is 7.98. The number of unbranched alkanes of at least 4 members (excludes halogenated alkanes) is 2. The molecule has 2 nitrogen and oxygen atoms in total. The van der Waals surface area contributed by atoms with Crippen molar-refractivity contribution in [1.29, 1.82) is 0 Å². The number of rotatable bonds is 8. The van der Waals surface area contributed by atoms with Crippen molar-refractivity contribution in [3.8, 4) is 0 Å². The van der Waals surface area contributed by atoms with Gasteiger partial charge in [-0.1, -0.05) is 6.42 Å². The van der Waals surface area contributed by atoms with Gasteiger partial charge in [-0.3, -0.25) is 0 Å². The van der Waals surface area contributed by atoms with Crippen LogP contribution in [0, 0.1) is 0 Å². The lowest BCUT2D eigenvalue weighted by molar-refractivity contribution is 0.532. The third kappa shape index (κ3) is 8.37. The summed E-state index contributed by atoms with van der Waals surface area (Å²) in [6.45, 7) is 3.99. The van der Waals surface area contributed by atoms with Gasteiger partial charge >= 0.3 is 0 Å². The Labute approximate surface area is 80.7 Å². The van der Waals surface area contributed by atoms with Crippen LogP contribution in [0.1, 0.15) is 26.2 Å². The minimum atomic E-state index is 0.477. The number of hydrogen-bond acceptors (Lipinski definition) is 3. The summed E-state index contributed by atoms with van der Waals surface area (Å²) in [5, 5.41) is 3.38. The quantitative estimate of drug-likeness (QED) is 0.569. The molecule has 0 aliphatic rings. The Kier molecular flexibility index (Phi) is 9.57. The van der Waals surface area contributed by atoms with Crippen LogP contribution < -0.4 is 11.1 Å². The average Bonchev–Trinajstić information content (AvgIpc) is 2.10. The van der Waals surface area contributed by atoms with Crippen LogP contribution >= 0.6 is 11.8 Å². The lowest BCUT2D eigenvalue weighted by Crippen LogP contribution is -2.33. The van der Waals surface area contributed by atoms with E-state index in [1.807, 2.05) is 11.8 Å². The van der Waals surface area contributed by atoms with Crippen molar-refractivity contribution >= 4 is 11.8 Å². The molecule has 0 aliphatic heterocycles. The maximum atomic E-state index is 5.47. The predicted molar refractivity (Wildman–Crippen MR) is 58.8 cm³/mol. The van der Waals surface area contributed by atoms with E-state index in [-0.39, 0.29) is 0 Å². The lowest BCUT2D eigenvalue weighted by Gasteiger charge is -2.10. The Bertz CT molecular complexity index is 88.6. The van der Waals surface area contributed by atoms with E-state index in [1.54, 1.807) is 0 Å². The zero-order valence-electron chi connectivity index (χ0n) is 8.31. The van der Waals surface area contributed by atoms with Crippen molar-refractivity contribution in [2.45, 2.75) is 32.2 Å². The van der Waals surface area contributed by atoms with E-state index in [1.165, 1.54) is 25.0 Å². The van der Waals surface area contributed by atoms with E-state index >= 15 is 0 Å². The van der Waals surface area contributed by atoms with Gasteiger partial charge in [0.2, 0.25) is 0 Å². The molecule has 0 spiro atoms. The standard InChI is InChI=1S/C9H22N2S/c1-9(8-10)11-6-4-3-5-7-12-2/h9,11H,3-8,10H2,1-2H3. The van der Waals surface area contributed by atoms with Crippen LogP contribution in [0.2, 0.25) is 0 Å². The number of nitrogens with two attached hydrogens (primary N) is 1. The maximum Gasteiger partial charge on any atom is 0.0161 e. The molecule has 12 heavy (non-hydrogen) atoms. The van der Waals surface area contributed by atoms with E-state index in [0.29, 0.717) is 6.04 Å². The smallest absolute Gasteiger partial charge is 0.0161 e. The minimum absolute atomic E-state index is 0.477. The Hall–Kier alpha value is 0.270. The van der Waals surface area contributed by atoms with Crippen molar-refractivity contribution in [1.82, 2.24) is 5.32 Å². The fourth-order valence-corrected chi connectivity index (χ4v) is 1.47. The van der Waals surface area contributed by atoms with E-state index in [9.17, 15) is 0 Å². The molecular formula is C9H22N2S. The molecule has 0 aliphatic carbocycles. The molecule has 74 valence electrons. The van der Waals surface area contributed by atoms with Crippen molar-refractivity contribution in [2.75, 3.05) is 25.1 Å². The van der Waals surface area contributed by atoms with E-state index < -0.39 is 0 Å². The predicted octanol–water partition coefficient (Wildman–Crippen LogP) is 1.46. The van der Waals surface area contributed by atoms with Gasteiger partial charge < -0.3 is 11.1 Å². The molecule has 0 rings (SSSR count). The highest BCUT2D eigenvalue weighted by Crippen LogP contribution is 2.01. The van der Waals surface area contributed by atoms with Gasteiger partial charge in [-0.05, 0) is 38.3 Å². The van der Waals surface area contributed by atoms with Crippen LogP contribution in [-0.2, 0) is 0 Å². The van der Waals surface area contributed by atoms with Gasteiger partial charge in [-0.2, -0.15) is 11.8 Å². The number of hydrogen-bond donors (Lipinski definition) is 2. The highest BCUT2D eigenvalue weighted by Gasteiger charge is 1.95. The maximum absolute atomic E-state index is 5.47. The van der Waals surface area contributed by atoms with E-state index in [2.05, 4.69) is 18.5 Å². The second-order valence-corrected chi connectivity index (χ2v) is 4.13. The van der Waals surface area contributed by atoms with Crippen molar-refractivity contribution in [2.24, 2.45) is 5.73 Å². The summed E-state index contributed by atoms with van der Waals surface area (Å²) in [4.78, 5) is 0. The monoisotopic (exact) mass is 190 g/mol. The molecule has 0 aromatic carbocycles. The van der Waals surface area contributed by atoms with Gasteiger partial charge in [0.15, 0.2) is 0 Å². The second kappa shape index (κ2) is 9.36. The highest BCUT2D eigenvalue weighted by atomic mass is 32.2. The van der Waals surface area contributed by atoms with Crippen LogP contribution in [-0.4, -0.2) is 31.1 Å². The second-order valence-electron chi connectivity index (χ2n) is 3.14. The van der Waals surface area contributed by atoms with Crippen LogP contribution in [0.5, 0.6) is 0 Å². The molecule has 0 fully saturated rings. The molecule has 0 saturated carbocycles. The topological polar surface area (TPSA) is 38.0 Å². The third-order valence-electron chi connectivity index (χ3n) is 1.87. The molecule has 0 radical (unpaired) electrons. The summed E-state index contributed by atoms with van der Waals surface area (Å²) in [6, 6.07) is 0.477.